The van der Waals surface area contributed by atoms with Gasteiger partial charge in [-0.15, -0.1) is 0 Å². The predicted molar refractivity (Wildman–Crippen MR) is 109 cm³/mol. The molecule has 29 heavy (non-hydrogen) atoms. The van der Waals surface area contributed by atoms with Crippen LogP contribution in [0.4, 0.5) is 0 Å². The summed E-state index contributed by atoms with van der Waals surface area (Å²) in [7, 11) is 0. The molecule has 1 aromatic carbocycles. The summed E-state index contributed by atoms with van der Waals surface area (Å²) >= 11 is 0. The first kappa shape index (κ1) is 19.3. The van der Waals surface area contributed by atoms with Crippen molar-refractivity contribution in [1.29, 1.82) is 0 Å². The van der Waals surface area contributed by atoms with Gasteiger partial charge in [0.25, 0.3) is 5.91 Å². The van der Waals surface area contributed by atoms with Crippen LogP contribution in [0.5, 0.6) is 0 Å². The standard InChI is InChI=1S/C22H25N5O2/c1-17-6-8-18(9-7-17)21-24-20(29-25-21)5-3-11-26-12-14-27(15-13-26)22(28)19-4-2-10-23-16-19/h2,4,6-10,16H,3,5,11-15H2,1H3. The third-order valence-electron chi connectivity index (χ3n) is 5.21. The van der Waals surface area contributed by atoms with Crippen molar-refractivity contribution in [1.82, 2.24) is 24.9 Å². The highest BCUT2D eigenvalue weighted by Gasteiger charge is 2.22. The fourth-order valence-corrected chi connectivity index (χ4v) is 3.48. The SMILES string of the molecule is Cc1ccc(-c2noc(CCCN3CCN(C(=O)c4cccnc4)CC3)n2)cc1. The number of nitrogens with zero attached hydrogens (tertiary/aromatic N) is 5. The highest BCUT2D eigenvalue weighted by atomic mass is 16.5. The molecule has 0 bridgehead atoms. The molecule has 7 nitrogen and oxygen atoms in total. The van der Waals surface area contributed by atoms with Crippen molar-refractivity contribution in [3.63, 3.8) is 0 Å². The molecule has 1 amide bonds. The summed E-state index contributed by atoms with van der Waals surface area (Å²) in [4.78, 5) is 25.3. The Hall–Kier alpha value is -3.06. The van der Waals surface area contributed by atoms with E-state index in [1.807, 2.05) is 35.2 Å². The number of piperazine rings is 1. The van der Waals surface area contributed by atoms with Crippen LogP contribution >= 0.6 is 0 Å². The highest BCUT2D eigenvalue weighted by molar-refractivity contribution is 5.93. The summed E-state index contributed by atoms with van der Waals surface area (Å²) in [6.45, 7) is 6.25. The van der Waals surface area contributed by atoms with Gasteiger partial charge in [0.15, 0.2) is 0 Å². The maximum absolute atomic E-state index is 12.5. The van der Waals surface area contributed by atoms with E-state index in [1.165, 1.54) is 5.56 Å². The van der Waals surface area contributed by atoms with Crippen molar-refractivity contribution in [2.24, 2.45) is 0 Å². The summed E-state index contributed by atoms with van der Waals surface area (Å²) in [5.41, 5.74) is 2.83. The molecule has 0 N–H and O–H groups in total. The number of aryl methyl sites for hydroxylation is 2. The van der Waals surface area contributed by atoms with Gasteiger partial charge in [-0.2, -0.15) is 4.98 Å². The molecule has 1 aliphatic heterocycles. The van der Waals surface area contributed by atoms with E-state index < -0.39 is 0 Å². The Morgan fingerprint density at radius 1 is 1.10 bits per heavy atom. The summed E-state index contributed by atoms with van der Waals surface area (Å²) < 4.78 is 5.40. The molecule has 1 fully saturated rings. The number of carbonyl (C=O) groups is 1. The second-order valence-corrected chi connectivity index (χ2v) is 7.36. The van der Waals surface area contributed by atoms with E-state index in [4.69, 9.17) is 4.52 Å². The molecule has 0 spiro atoms. The maximum atomic E-state index is 12.5. The van der Waals surface area contributed by atoms with Crippen LogP contribution in [-0.4, -0.2) is 63.6 Å². The molecule has 0 aliphatic carbocycles. The van der Waals surface area contributed by atoms with Gasteiger partial charge in [0.1, 0.15) is 0 Å². The number of hydrogen-bond donors (Lipinski definition) is 0. The Kier molecular flexibility index (Phi) is 5.95. The number of aromatic nitrogens is 3. The van der Waals surface area contributed by atoms with Crippen molar-refractivity contribution >= 4 is 5.91 Å². The smallest absolute Gasteiger partial charge is 0.255 e. The van der Waals surface area contributed by atoms with Gasteiger partial charge >= 0.3 is 0 Å². The molecule has 7 heteroatoms. The number of rotatable bonds is 6. The Morgan fingerprint density at radius 3 is 2.62 bits per heavy atom. The minimum absolute atomic E-state index is 0.0623. The van der Waals surface area contributed by atoms with Crippen LogP contribution in [0.1, 0.15) is 28.2 Å². The Labute approximate surface area is 170 Å². The maximum Gasteiger partial charge on any atom is 0.255 e. The van der Waals surface area contributed by atoms with E-state index in [9.17, 15) is 4.79 Å². The van der Waals surface area contributed by atoms with Gasteiger partial charge in [-0.3, -0.25) is 14.7 Å². The molecule has 2 aromatic heterocycles. The van der Waals surface area contributed by atoms with Gasteiger partial charge in [0.2, 0.25) is 11.7 Å². The highest BCUT2D eigenvalue weighted by Crippen LogP contribution is 2.17. The lowest BCUT2D eigenvalue weighted by molar-refractivity contribution is 0.0635. The van der Waals surface area contributed by atoms with Crippen molar-refractivity contribution in [2.75, 3.05) is 32.7 Å². The minimum Gasteiger partial charge on any atom is -0.339 e. The predicted octanol–water partition coefficient (Wildman–Crippen LogP) is 2.83. The fourth-order valence-electron chi connectivity index (χ4n) is 3.48. The number of amides is 1. The quantitative estimate of drug-likeness (QED) is 0.643. The van der Waals surface area contributed by atoms with Crippen LogP contribution in [0.15, 0.2) is 53.3 Å². The molecule has 0 atom stereocenters. The number of hydrogen-bond acceptors (Lipinski definition) is 6. The molecule has 3 aromatic rings. The lowest BCUT2D eigenvalue weighted by Crippen LogP contribution is -2.48. The monoisotopic (exact) mass is 391 g/mol. The van der Waals surface area contributed by atoms with Crippen molar-refractivity contribution in [3.8, 4) is 11.4 Å². The molecular formula is C22H25N5O2. The van der Waals surface area contributed by atoms with E-state index in [1.54, 1.807) is 18.5 Å². The average Bonchev–Trinajstić information content (AvgIpc) is 3.24. The third-order valence-corrected chi connectivity index (χ3v) is 5.21. The second kappa shape index (κ2) is 8.96. The molecule has 1 aliphatic rings. The van der Waals surface area contributed by atoms with Gasteiger partial charge in [-0.05, 0) is 32.0 Å². The minimum atomic E-state index is 0.0623. The molecule has 0 unspecified atom stereocenters. The molecule has 0 saturated carbocycles. The van der Waals surface area contributed by atoms with E-state index in [2.05, 4.69) is 26.9 Å². The molecule has 3 heterocycles. The summed E-state index contributed by atoms with van der Waals surface area (Å²) in [5.74, 6) is 1.38. The lowest BCUT2D eigenvalue weighted by Gasteiger charge is -2.34. The molecule has 150 valence electrons. The van der Waals surface area contributed by atoms with E-state index in [0.29, 0.717) is 17.3 Å². The Morgan fingerprint density at radius 2 is 1.90 bits per heavy atom. The average molecular weight is 391 g/mol. The zero-order valence-electron chi connectivity index (χ0n) is 16.6. The first-order chi connectivity index (χ1) is 14.2. The molecule has 4 rings (SSSR count). The van der Waals surface area contributed by atoms with Crippen molar-refractivity contribution < 1.29 is 9.32 Å². The van der Waals surface area contributed by atoms with Crippen LogP contribution in [0.25, 0.3) is 11.4 Å². The summed E-state index contributed by atoms with van der Waals surface area (Å²) in [6, 6.07) is 11.7. The largest absolute Gasteiger partial charge is 0.339 e. The fraction of sp³-hybridized carbons (Fsp3) is 0.364. The van der Waals surface area contributed by atoms with Crippen molar-refractivity contribution in [2.45, 2.75) is 19.8 Å². The van der Waals surface area contributed by atoms with Gasteiger partial charge < -0.3 is 9.42 Å². The first-order valence-electron chi connectivity index (χ1n) is 10.0. The normalized spacial score (nSPS) is 14.9. The Balaban J connectivity index is 1.21. The number of carbonyl (C=O) groups excluding carboxylic acids is 1. The van der Waals surface area contributed by atoms with Gasteiger partial charge in [-0.25, -0.2) is 0 Å². The molecule has 0 radical (unpaired) electrons. The zero-order valence-corrected chi connectivity index (χ0v) is 16.6. The van der Waals surface area contributed by atoms with Gasteiger partial charge in [0, 0.05) is 50.6 Å². The number of benzene rings is 1. The van der Waals surface area contributed by atoms with E-state index in [-0.39, 0.29) is 5.91 Å². The van der Waals surface area contributed by atoms with E-state index >= 15 is 0 Å². The summed E-state index contributed by atoms with van der Waals surface area (Å²) in [6.07, 6.45) is 5.02. The first-order valence-corrected chi connectivity index (χ1v) is 10.0. The molecular weight excluding hydrogens is 366 g/mol. The number of pyridine rings is 1. The zero-order chi connectivity index (χ0) is 20.1. The Bertz CT molecular complexity index is 931. The summed E-state index contributed by atoms with van der Waals surface area (Å²) in [5, 5.41) is 4.09. The van der Waals surface area contributed by atoms with Crippen LogP contribution in [0, 0.1) is 6.92 Å². The van der Waals surface area contributed by atoms with Gasteiger partial charge in [0.05, 0.1) is 5.56 Å². The van der Waals surface area contributed by atoms with E-state index in [0.717, 1.165) is 51.1 Å². The van der Waals surface area contributed by atoms with Crippen molar-refractivity contribution in [3.05, 3.63) is 65.8 Å². The topological polar surface area (TPSA) is 75.4 Å². The van der Waals surface area contributed by atoms with Gasteiger partial charge in [-0.1, -0.05) is 35.0 Å². The second-order valence-electron chi connectivity index (χ2n) is 7.36. The third kappa shape index (κ3) is 4.86. The van der Waals surface area contributed by atoms with Crippen LogP contribution in [-0.2, 0) is 6.42 Å². The van der Waals surface area contributed by atoms with Crippen LogP contribution in [0.2, 0.25) is 0 Å². The lowest BCUT2D eigenvalue weighted by atomic mass is 10.1. The van der Waals surface area contributed by atoms with Crippen LogP contribution in [0.3, 0.4) is 0 Å². The van der Waals surface area contributed by atoms with Crippen LogP contribution < -0.4 is 0 Å². The molecule has 1 saturated heterocycles.